The number of fused-ring (bicyclic) bond motifs is 10. The average Bonchev–Trinajstić information content (AvgIpc) is 3.55. The Morgan fingerprint density at radius 3 is 1.33 bits per heavy atom. The Balaban J connectivity index is 0.870. The van der Waals surface area contributed by atoms with E-state index in [1.807, 2.05) is 0 Å². The van der Waals surface area contributed by atoms with Crippen LogP contribution in [0, 0.1) is 81.8 Å². The van der Waals surface area contributed by atoms with Crippen molar-refractivity contribution in [1.82, 2.24) is 0 Å². The lowest BCUT2D eigenvalue weighted by atomic mass is 9.47. The van der Waals surface area contributed by atoms with Gasteiger partial charge < -0.3 is 0 Å². The molecule has 5 heteroatoms. The highest BCUT2D eigenvalue weighted by Gasteiger charge is 2.58. The molecule has 4 nitrogen and oxygen atoms in total. The predicted molar refractivity (Wildman–Crippen MR) is 171 cm³/mol. The summed E-state index contributed by atoms with van der Waals surface area (Å²) in [6.45, 7) is 10.1. The Morgan fingerprint density at radius 2 is 0.884 bits per heavy atom. The molecular weight excluding hydrogens is 552 g/mol. The van der Waals surface area contributed by atoms with Crippen LogP contribution in [-0.4, -0.2) is 20.6 Å². The van der Waals surface area contributed by atoms with Crippen LogP contribution in [-0.2, 0) is 18.8 Å². The van der Waals surface area contributed by atoms with Gasteiger partial charge in [0.25, 0.3) is 0 Å². The summed E-state index contributed by atoms with van der Waals surface area (Å²) < 4.78 is 38.6. The van der Waals surface area contributed by atoms with Crippen molar-refractivity contribution in [2.45, 2.75) is 155 Å². The van der Waals surface area contributed by atoms with Crippen LogP contribution in [0.1, 0.15) is 143 Å². The van der Waals surface area contributed by atoms with Gasteiger partial charge in [0.05, 0.1) is 12.2 Å². The standard InChI is InChI=1S/C38H62O4S/c1-23-5-9-31-29(23)13-15-35-33(31)11-7-25-21-27(17-19-37(25,35)3)41-43(39,40)42-28-18-20-38(4)26(22-28)8-12-34-32-10-6-24(2)30(32)14-16-36(34)38/h23-36H,5-22H2,1-4H3/t23-,24-,25+,26+,27+,28+,29+,30+,31+,32+,33-,34-,35-,36-,37-,38-/m0/s1. The Morgan fingerprint density at radius 1 is 0.488 bits per heavy atom. The van der Waals surface area contributed by atoms with Gasteiger partial charge in [-0.15, -0.1) is 0 Å². The first-order valence-corrected chi connectivity index (χ1v) is 20.5. The zero-order chi connectivity index (χ0) is 29.7. The van der Waals surface area contributed by atoms with Crippen molar-refractivity contribution in [3.05, 3.63) is 0 Å². The third-order valence-corrected chi connectivity index (χ3v) is 18.1. The summed E-state index contributed by atoms with van der Waals surface area (Å²) in [6.07, 6.45) is 22.1. The van der Waals surface area contributed by atoms with E-state index in [9.17, 15) is 8.42 Å². The molecule has 0 aromatic carbocycles. The van der Waals surface area contributed by atoms with Crippen molar-refractivity contribution in [2.24, 2.45) is 81.8 Å². The van der Waals surface area contributed by atoms with E-state index in [0.29, 0.717) is 22.7 Å². The van der Waals surface area contributed by atoms with Crippen LogP contribution in [0.4, 0.5) is 0 Å². The zero-order valence-corrected chi connectivity index (χ0v) is 28.7. The minimum Gasteiger partial charge on any atom is -0.245 e. The van der Waals surface area contributed by atoms with Gasteiger partial charge in [0.1, 0.15) is 0 Å². The highest BCUT2D eigenvalue weighted by atomic mass is 32.3. The van der Waals surface area contributed by atoms with Gasteiger partial charge in [-0.1, -0.05) is 40.5 Å². The topological polar surface area (TPSA) is 52.6 Å². The Labute approximate surface area is 263 Å². The second-order valence-electron chi connectivity index (χ2n) is 18.4. The first-order valence-electron chi connectivity index (χ1n) is 19.2. The lowest BCUT2D eigenvalue weighted by Crippen LogP contribution is -2.52. The molecule has 0 saturated heterocycles. The Hall–Kier alpha value is -0.130. The van der Waals surface area contributed by atoms with Gasteiger partial charge in [-0.3, -0.25) is 0 Å². The smallest absolute Gasteiger partial charge is 0.245 e. The molecule has 8 rings (SSSR count). The van der Waals surface area contributed by atoms with Crippen molar-refractivity contribution < 1.29 is 16.8 Å². The van der Waals surface area contributed by atoms with Gasteiger partial charge in [0.2, 0.25) is 0 Å². The molecule has 0 heterocycles. The van der Waals surface area contributed by atoms with E-state index in [0.717, 1.165) is 97.7 Å². The minimum absolute atomic E-state index is 0.198. The average molecular weight is 615 g/mol. The lowest BCUT2D eigenvalue weighted by Gasteiger charge is -2.59. The Kier molecular flexibility index (Phi) is 7.70. The summed E-state index contributed by atoms with van der Waals surface area (Å²) in [5.74, 6) is 10.4. The number of rotatable bonds is 4. The normalized spacial score (nSPS) is 56.2. The molecule has 0 aliphatic heterocycles. The molecule has 0 spiro atoms. The second kappa shape index (κ2) is 11.0. The Bertz CT molecular complexity index is 1070. The first-order chi connectivity index (χ1) is 20.6. The number of hydrogen-bond acceptors (Lipinski definition) is 4. The van der Waals surface area contributed by atoms with Crippen LogP contribution >= 0.6 is 0 Å². The minimum atomic E-state index is -3.98. The molecule has 43 heavy (non-hydrogen) atoms. The molecule has 8 aliphatic carbocycles. The van der Waals surface area contributed by atoms with E-state index < -0.39 is 10.4 Å². The molecule has 244 valence electrons. The summed E-state index contributed by atoms with van der Waals surface area (Å²) in [5, 5.41) is 0. The molecule has 0 N–H and O–H groups in total. The number of hydrogen-bond donors (Lipinski definition) is 0. The van der Waals surface area contributed by atoms with Crippen molar-refractivity contribution in [3.63, 3.8) is 0 Å². The SMILES string of the molecule is C[C@H]1CC[C@@H]2[C@@H]1CC[C@H]1[C@H]2CC[C@@H]2C[C@H](OS(=O)(=O)O[C@@H]3CC[C@@]4(C)[C@H](CC[C@H]5[C@@H]6CC[C@H](C)[C@H]6CC[C@@H]54)C3)CC[C@@]21C. The van der Waals surface area contributed by atoms with E-state index in [2.05, 4.69) is 27.7 Å². The van der Waals surface area contributed by atoms with Crippen molar-refractivity contribution in [1.29, 1.82) is 0 Å². The summed E-state index contributed by atoms with van der Waals surface area (Å²) in [5.41, 5.74) is 0.735. The molecule has 8 saturated carbocycles. The van der Waals surface area contributed by atoms with E-state index in [1.165, 1.54) is 77.0 Å². The molecule has 8 fully saturated rings. The summed E-state index contributed by atoms with van der Waals surface area (Å²) >= 11 is 0. The molecular formula is C38H62O4S. The van der Waals surface area contributed by atoms with E-state index in [-0.39, 0.29) is 12.2 Å². The largest absolute Gasteiger partial charge is 0.400 e. The fourth-order valence-electron chi connectivity index (χ4n) is 14.9. The van der Waals surface area contributed by atoms with E-state index >= 15 is 0 Å². The van der Waals surface area contributed by atoms with Crippen molar-refractivity contribution in [2.75, 3.05) is 0 Å². The van der Waals surface area contributed by atoms with Gasteiger partial charge in [0.15, 0.2) is 0 Å². The van der Waals surface area contributed by atoms with Crippen LogP contribution in [0.5, 0.6) is 0 Å². The van der Waals surface area contributed by atoms with Gasteiger partial charge in [-0.2, -0.15) is 8.42 Å². The van der Waals surface area contributed by atoms with Crippen LogP contribution in [0.2, 0.25) is 0 Å². The highest BCUT2D eigenvalue weighted by Crippen LogP contribution is 2.65. The lowest BCUT2D eigenvalue weighted by molar-refractivity contribution is -0.111. The van der Waals surface area contributed by atoms with Crippen LogP contribution in [0.15, 0.2) is 0 Å². The van der Waals surface area contributed by atoms with Gasteiger partial charge in [-0.25, -0.2) is 8.37 Å². The van der Waals surface area contributed by atoms with Gasteiger partial charge in [0, 0.05) is 0 Å². The molecule has 0 aromatic rings. The summed E-state index contributed by atoms with van der Waals surface area (Å²) in [6, 6.07) is 0. The highest BCUT2D eigenvalue weighted by molar-refractivity contribution is 7.81. The molecule has 0 unspecified atom stereocenters. The molecule has 0 aromatic heterocycles. The van der Waals surface area contributed by atoms with Crippen molar-refractivity contribution >= 4 is 10.4 Å². The van der Waals surface area contributed by atoms with Gasteiger partial charge in [-0.05, 0) is 185 Å². The van der Waals surface area contributed by atoms with Crippen LogP contribution in [0.25, 0.3) is 0 Å². The van der Waals surface area contributed by atoms with E-state index in [1.54, 1.807) is 0 Å². The maximum absolute atomic E-state index is 13.4. The molecule has 0 radical (unpaired) electrons. The summed E-state index contributed by atoms with van der Waals surface area (Å²) in [4.78, 5) is 0. The van der Waals surface area contributed by atoms with E-state index in [4.69, 9.17) is 8.37 Å². The van der Waals surface area contributed by atoms with Crippen LogP contribution in [0.3, 0.4) is 0 Å². The third-order valence-electron chi connectivity index (χ3n) is 17.1. The molecule has 16 atom stereocenters. The monoisotopic (exact) mass is 614 g/mol. The first kappa shape index (κ1) is 30.2. The fourth-order valence-corrected chi connectivity index (χ4v) is 15.9. The van der Waals surface area contributed by atoms with Gasteiger partial charge >= 0.3 is 10.4 Å². The van der Waals surface area contributed by atoms with Crippen LogP contribution < -0.4 is 0 Å². The quantitative estimate of drug-likeness (QED) is 0.316. The molecule has 0 bridgehead atoms. The fraction of sp³-hybridized carbons (Fsp3) is 1.00. The predicted octanol–water partition coefficient (Wildman–Crippen LogP) is 9.58. The van der Waals surface area contributed by atoms with Crippen molar-refractivity contribution in [3.8, 4) is 0 Å². The third kappa shape index (κ3) is 4.96. The zero-order valence-electron chi connectivity index (χ0n) is 27.9. The molecule has 0 amide bonds. The second-order valence-corrected chi connectivity index (χ2v) is 19.6. The molecule has 8 aliphatic rings. The summed E-state index contributed by atoms with van der Waals surface area (Å²) in [7, 11) is -3.98. The maximum Gasteiger partial charge on any atom is 0.400 e. The maximum atomic E-state index is 13.4.